The Morgan fingerprint density at radius 2 is 1.59 bits per heavy atom. The predicted molar refractivity (Wildman–Crippen MR) is 218 cm³/mol. The molecule has 5 aliphatic rings. The van der Waals surface area contributed by atoms with E-state index in [2.05, 4.69) is 10.3 Å². The maximum absolute atomic E-state index is 13.6. The lowest BCUT2D eigenvalue weighted by atomic mass is 9.53. The Morgan fingerprint density at radius 3 is 2.18 bits per heavy atom. The topological polar surface area (TPSA) is 167 Å². The van der Waals surface area contributed by atoms with Gasteiger partial charge in [0.05, 0.1) is 32.4 Å². The molecule has 1 amide bonds. The standard InChI is InChI=1S/C34H43N5O6.C10H17N/c1-19-16-28(44-5)25(18-27(19)43-4)32-36-34(38-39(32)15-14-22-10-8-7-9-11-22)37-33(42)26-17-24-20(2)21(3)31(45-6)23(30(24)35-26)12-13-29(40)41;11-10-4-7-1-8(5-10)3-9(2-7)6-10/h16-18,22,35H,7-15H2,1-6H3,(H,40,41)(H,37,38,42);7-9H,1-6,11H2. The first kappa shape index (κ1) is 39.6. The second-order valence-electron chi connectivity index (χ2n) is 17.2. The lowest BCUT2D eigenvalue weighted by Gasteiger charge is -2.55. The molecular weight excluding hydrogens is 709 g/mol. The van der Waals surface area contributed by atoms with Crippen LogP contribution in [-0.2, 0) is 17.8 Å². The maximum Gasteiger partial charge on any atom is 0.303 e. The monoisotopic (exact) mass is 768 g/mol. The summed E-state index contributed by atoms with van der Waals surface area (Å²) in [5.41, 5.74) is 11.9. The van der Waals surface area contributed by atoms with E-state index in [0.717, 1.165) is 57.4 Å². The number of ether oxygens (including phenoxy) is 3. The van der Waals surface area contributed by atoms with Crippen LogP contribution in [0.5, 0.6) is 17.2 Å². The van der Waals surface area contributed by atoms with Crippen molar-refractivity contribution in [2.75, 3.05) is 26.6 Å². The van der Waals surface area contributed by atoms with Crippen LogP contribution in [0.4, 0.5) is 5.95 Å². The second-order valence-corrected chi connectivity index (χ2v) is 17.2. The fourth-order valence-corrected chi connectivity index (χ4v) is 10.7. The Morgan fingerprint density at radius 1 is 0.929 bits per heavy atom. The summed E-state index contributed by atoms with van der Waals surface area (Å²) in [5, 5.41) is 17.8. The largest absolute Gasteiger partial charge is 0.496 e. The summed E-state index contributed by atoms with van der Waals surface area (Å²) in [7, 11) is 4.82. The zero-order valence-corrected chi connectivity index (χ0v) is 34.1. The van der Waals surface area contributed by atoms with Gasteiger partial charge in [0.1, 0.15) is 22.9 Å². The van der Waals surface area contributed by atoms with Crippen LogP contribution >= 0.6 is 0 Å². The average molecular weight is 769 g/mol. The third kappa shape index (κ3) is 8.26. The summed E-state index contributed by atoms with van der Waals surface area (Å²) >= 11 is 0. The van der Waals surface area contributed by atoms with Crippen molar-refractivity contribution in [2.45, 2.75) is 123 Å². The van der Waals surface area contributed by atoms with Crippen LogP contribution in [-0.4, -0.2) is 63.6 Å². The van der Waals surface area contributed by atoms with Crippen LogP contribution in [0.3, 0.4) is 0 Å². The van der Waals surface area contributed by atoms with Crippen molar-refractivity contribution < 1.29 is 28.9 Å². The quantitative estimate of drug-likeness (QED) is 0.110. The number of amides is 1. The fraction of sp³-hybridized carbons (Fsp3) is 0.591. The molecule has 2 heterocycles. The summed E-state index contributed by atoms with van der Waals surface area (Å²) in [6.45, 7) is 6.50. The number of rotatable bonds is 12. The number of H-pyrrole nitrogens is 1. The van der Waals surface area contributed by atoms with E-state index in [4.69, 9.17) is 30.0 Å². The molecule has 0 aliphatic heterocycles. The lowest BCUT2D eigenvalue weighted by molar-refractivity contribution is -0.136. The first-order chi connectivity index (χ1) is 26.9. The molecule has 0 saturated heterocycles. The van der Waals surface area contributed by atoms with Gasteiger partial charge in [0.15, 0.2) is 5.82 Å². The van der Waals surface area contributed by atoms with E-state index in [9.17, 15) is 14.7 Å². The number of fused-ring (bicyclic) bond motifs is 1. The molecule has 5 N–H and O–H groups in total. The molecule has 12 nitrogen and oxygen atoms in total. The van der Waals surface area contributed by atoms with Crippen molar-refractivity contribution in [2.24, 2.45) is 29.4 Å². The number of aromatic amines is 1. The smallest absolute Gasteiger partial charge is 0.303 e. The molecule has 0 atom stereocenters. The van der Waals surface area contributed by atoms with Gasteiger partial charge in [-0.25, -0.2) is 4.68 Å². The van der Waals surface area contributed by atoms with E-state index in [1.54, 1.807) is 27.4 Å². The van der Waals surface area contributed by atoms with E-state index >= 15 is 0 Å². The van der Waals surface area contributed by atoms with Crippen LogP contribution in [0.2, 0.25) is 0 Å². The average Bonchev–Trinajstić information content (AvgIpc) is 3.79. The zero-order chi connectivity index (χ0) is 39.7. The van der Waals surface area contributed by atoms with Gasteiger partial charge in [0.2, 0.25) is 5.95 Å². The Labute approximate surface area is 330 Å². The van der Waals surface area contributed by atoms with Crippen molar-refractivity contribution in [3.8, 4) is 28.6 Å². The van der Waals surface area contributed by atoms with E-state index in [-0.39, 0.29) is 18.8 Å². The number of anilines is 1. The molecule has 12 heteroatoms. The Kier molecular flexibility index (Phi) is 11.7. The van der Waals surface area contributed by atoms with Gasteiger partial charge in [-0.1, -0.05) is 32.1 Å². The highest BCUT2D eigenvalue weighted by Crippen LogP contribution is 2.54. The predicted octanol–water partition coefficient (Wildman–Crippen LogP) is 8.53. The molecule has 4 aromatic rings. The van der Waals surface area contributed by atoms with Gasteiger partial charge in [-0.05, 0) is 131 Å². The van der Waals surface area contributed by atoms with Crippen molar-refractivity contribution in [1.82, 2.24) is 19.7 Å². The molecule has 0 unspecified atom stereocenters. The van der Waals surface area contributed by atoms with Gasteiger partial charge in [-0.2, -0.15) is 4.98 Å². The summed E-state index contributed by atoms with van der Waals surface area (Å²) in [6, 6.07) is 5.60. The van der Waals surface area contributed by atoms with Crippen LogP contribution < -0.4 is 25.3 Å². The van der Waals surface area contributed by atoms with Crippen LogP contribution in [0, 0.1) is 44.4 Å². The van der Waals surface area contributed by atoms with Gasteiger partial charge >= 0.3 is 5.97 Å². The minimum atomic E-state index is -0.906. The third-order valence-electron chi connectivity index (χ3n) is 13.2. The number of methoxy groups -OCH3 is 3. The zero-order valence-electron chi connectivity index (χ0n) is 34.1. The number of aromatic nitrogens is 4. The van der Waals surface area contributed by atoms with E-state index in [1.165, 1.54) is 70.6 Å². The number of carboxylic acid groups (broad SMARTS) is 1. The molecule has 0 radical (unpaired) electrons. The van der Waals surface area contributed by atoms with Crippen molar-refractivity contribution in [3.63, 3.8) is 0 Å². The minimum absolute atomic E-state index is 0.0627. The summed E-state index contributed by atoms with van der Waals surface area (Å²) in [5.74, 6) is 5.11. The van der Waals surface area contributed by atoms with E-state index in [0.29, 0.717) is 52.3 Å². The highest BCUT2D eigenvalue weighted by molar-refractivity contribution is 6.06. The number of hydrogen-bond donors (Lipinski definition) is 4. The number of benzene rings is 2. The lowest BCUT2D eigenvalue weighted by Crippen LogP contribution is -2.55. The summed E-state index contributed by atoms with van der Waals surface area (Å²) < 4.78 is 18.9. The molecule has 302 valence electrons. The number of aliphatic carboxylic acids is 1. The number of nitrogens with one attached hydrogen (secondary N) is 2. The number of carboxylic acids is 1. The first-order valence-electron chi connectivity index (χ1n) is 20.6. The van der Waals surface area contributed by atoms with Gasteiger partial charge in [0.25, 0.3) is 5.91 Å². The molecule has 56 heavy (non-hydrogen) atoms. The van der Waals surface area contributed by atoms with Gasteiger partial charge in [-0.15, -0.1) is 5.10 Å². The van der Waals surface area contributed by atoms with Crippen molar-refractivity contribution in [3.05, 3.63) is 46.1 Å². The van der Waals surface area contributed by atoms with Crippen LogP contribution in [0.25, 0.3) is 22.3 Å². The van der Waals surface area contributed by atoms with Gasteiger partial charge in [0, 0.05) is 29.5 Å². The van der Waals surface area contributed by atoms with Gasteiger partial charge in [-0.3, -0.25) is 14.9 Å². The Hall–Kier alpha value is -4.58. The fourth-order valence-electron chi connectivity index (χ4n) is 10.7. The Balaban J connectivity index is 0.000000368. The van der Waals surface area contributed by atoms with Crippen LogP contribution in [0.15, 0.2) is 18.2 Å². The summed E-state index contributed by atoms with van der Waals surface area (Å²) in [6.07, 6.45) is 16.0. The molecule has 5 aliphatic carbocycles. The molecule has 4 bridgehead atoms. The second kappa shape index (κ2) is 16.5. The van der Waals surface area contributed by atoms with Gasteiger partial charge < -0.3 is 30.0 Å². The SMILES string of the molecule is COc1cc(-c2nc(NC(=O)c3cc4c(C)c(C)c(OC)c(CCC(=O)O)c4[nH]3)nn2CCC2CCCCC2)c(OC)cc1C.NC12CC3CC(CC(C3)C1)C2. The molecule has 5 saturated carbocycles. The van der Waals surface area contributed by atoms with Crippen LogP contribution in [0.1, 0.15) is 116 Å². The van der Waals surface area contributed by atoms with Crippen molar-refractivity contribution in [1.29, 1.82) is 0 Å². The third-order valence-corrected chi connectivity index (χ3v) is 13.2. The number of carbonyl (C=O) groups is 2. The van der Waals surface area contributed by atoms with Crippen molar-refractivity contribution >= 4 is 28.7 Å². The molecule has 2 aromatic heterocycles. The number of carbonyl (C=O) groups excluding carboxylic acids is 1. The highest BCUT2D eigenvalue weighted by Gasteiger charge is 2.48. The normalized spacial score (nSPS) is 22.8. The minimum Gasteiger partial charge on any atom is -0.496 e. The molecule has 2 aromatic carbocycles. The number of nitrogens with zero attached hydrogens (tertiary/aromatic N) is 3. The molecule has 9 rings (SSSR count). The maximum atomic E-state index is 13.6. The summed E-state index contributed by atoms with van der Waals surface area (Å²) in [4.78, 5) is 33.0. The molecule has 0 spiro atoms. The van der Waals surface area contributed by atoms with E-state index in [1.807, 2.05) is 37.6 Å². The highest BCUT2D eigenvalue weighted by atomic mass is 16.5. The first-order valence-corrected chi connectivity index (χ1v) is 20.6. The molecular formula is C44H60N6O6. The van der Waals surface area contributed by atoms with E-state index < -0.39 is 11.9 Å². The number of aryl methyl sites for hydroxylation is 4. The Bertz CT molecular complexity index is 2040. The number of nitrogens with two attached hydrogens (primary N) is 1. The number of hydrogen-bond acceptors (Lipinski definition) is 8. The molecule has 5 fully saturated rings.